The van der Waals surface area contributed by atoms with Crippen LogP contribution in [0.1, 0.15) is 126 Å². The Hall–Kier alpha value is -2.48. The van der Waals surface area contributed by atoms with Crippen molar-refractivity contribution in [2.24, 2.45) is 0 Å². The van der Waals surface area contributed by atoms with Crippen molar-refractivity contribution in [3.63, 3.8) is 0 Å². The highest BCUT2D eigenvalue weighted by Crippen LogP contribution is 2.22. The zero-order chi connectivity index (χ0) is 36.3. The number of carbonyl (C=O) groups is 2. The van der Waals surface area contributed by atoms with Crippen LogP contribution in [-0.4, -0.2) is 70.3 Å². The molecular weight excluding hydrogens is 603 g/mol. The molecule has 2 atom stereocenters. The molecule has 0 aliphatic carbocycles. The summed E-state index contributed by atoms with van der Waals surface area (Å²) in [4.78, 5) is 28.7. The van der Waals surface area contributed by atoms with E-state index in [2.05, 4.69) is 54.5 Å². The van der Waals surface area contributed by atoms with E-state index in [0.29, 0.717) is 23.6 Å². The first kappa shape index (κ1) is 46.6. The fraction of sp³-hybridized carbons (Fsp3) is 0.625. The number of nitrogens with one attached hydrogen (secondary N) is 1. The van der Waals surface area contributed by atoms with Gasteiger partial charge < -0.3 is 9.80 Å². The second-order valence-electron chi connectivity index (χ2n) is 11.1. The van der Waals surface area contributed by atoms with E-state index in [1.54, 1.807) is 0 Å². The molecule has 47 heavy (non-hydrogen) atoms. The number of likely N-dealkylation sites (tertiary alicyclic amines) is 1. The summed E-state index contributed by atoms with van der Waals surface area (Å²) in [7, 11) is -2.71. The first-order chi connectivity index (χ1) is 22.6. The molecule has 0 bridgehead atoms. The molecule has 0 saturated carbocycles. The summed E-state index contributed by atoms with van der Waals surface area (Å²) >= 11 is 0. The van der Waals surface area contributed by atoms with Crippen LogP contribution in [-0.2, 0) is 19.3 Å². The maximum absolute atomic E-state index is 13.0. The van der Waals surface area contributed by atoms with Gasteiger partial charge in [0.25, 0.3) is 0 Å². The van der Waals surface area contributed by atoms with Gasteiger partial charge in [-0.1, -0.05) is 124 Å². The van der Waals surface area contributed by atoms with Crippen LogP contribution in [0.15, 0.2) is 53.4 Å². The van der Waals surface area contributed by atoms with Crippen LogP contribution >= 0.6 is 0 Å². The van der Waals surface area contributed by atoms with Crippen molar-refractivity contribution in [1.29, 1.82) is 0 Å². The molecule has 1 N–H and O–H groups in total. The third-order valence-corrected chi connectivity index (χ3v) is 9.28. The maximum atomic E-state index is 13.0. The third kappa shape index (κ3) is 19.2. The molecule has 3 rings (SSSR count). The summed E-state index contributed by atoms with van der Waals surface area (Å²) in [5.74, 6) is 4.17. The molecule has 2 aromatic rings. The Balaban J connectivity index is 0. The van der Waals surface area contributed by atoms with Gasteiger partial charge in [0.2, 0.25) is 5.91 Å². The number of ketones is 1. The molecule has 0 aromatic heterocycles. The molecule has 1 aliphatic heterocycles. The van der Waals surface area contributed by atoms with Crippen molar-refractivity contribution in [1.82, 2.24) is 14.5 Å². The Morgan fingerprint density at radius 1 is 0.872 bits per heavy atom. The van der Waals surface area contributed by atoms with E-state index in [1.807, 2.05) is 83.7 Å². The van der Waals surface area contributed by atoms with Gasteiger partial charge in [-0.25, -0.2) is 8.93 Å². The minimum absolute atomic E-state index is 0.00112. The number of amides is 1. The van der Waals surface area contributed by atoms with Crippen LogP contribution in [0.25, 0.3) is 11.1 Å². The molecule has 1 fully saturated rings. The number of nitrogens with zero attached hydrogens (tertiary/aromatic N) is 2. The number of Topliss-reactive ketones (excluding diaryl/α,β-unsaturated/α-hetero) is 1. The normalized spacial score (nSPS) is 13.9. The Morgan fingerprint density at radius 2 is 1.45 bits per heavy atom. The Labute approximate surface area is 291 Å². The first-order valence-electron chi connectivity index (χ1n) is 18.4. The largest absolute Gasteiger partial charge is 0.341 e. The lowest BCUT2D eigenvalue weighted by Crippen LogP contribution is -2.39. The van der Waals surface area contributed by atoms with E-state index >= 15 is 0 Å². The smallest absolute Gasteiger partial charge is 0.222 e. The number of carbonyl (C=O) groups excluding carboxylic acids is 2. The molecular formula is C40H71N3O3S. The van der Waals surface area contributed by atoms with Crippen molar-refractivity contribution < 1.29 is 13.8 Å². The molecule has 1 amide bonds. The predicted molar refractivity (Wildman–Crippen MR) is 209 cm³/mol. The van der Waals surface area contributed by atoms with Crippen LogP contribution in [0.3, 0.4) is 0 Å². The lowest BCUT2D eigenvalue weighted by molar-refractivity contribution is -0.131. The Kier molecular flexibility index (Phi) is 28.3. The van der Waals surface area contributed by atoms with Gasteiger partial charge in [0.15, 0.2) is 0 Å². The quantitative estimate of drug-likeness (QED) is 0.191. The highest BCUT2D eigenvalue weighted by atomic mass is 32.2. The van der Waals surface area contributed by atoms with E-state index in [1.165, 1.54) is 38.4 Å². The zero-order valence-corrected chi connectivity index (χ0v) is 32.9. The predicted octanol–water partition coefficient (Wildman–Crippen LogP) is 9.59. The van der Waals surface area contributed by atoms with Gasteiger partial charge in [-0.3, -0.25) is 9.59 Å². The fourth-order valence-electron chi connectivity index (χ4n) is 4.95. The van der Waals surface area contributed by atoms with Crippen LogP contribution in [0.2, 0.25) is 0 Å². The van der Waals surface area contributed by atoms with Gasteiger partial charge in [-0.05, 0) is 81.8 Å². The fourth-order valence-corrected chi connectivity index (χ4v) is 6.40. The van der Waals surface area contributed by atoms with Crippen molar-refractivity contribution >= 4 is 27.3 Å². The number of hydrogen-bond donors (Lipinski definition) is 1. The summed E-state index contributed by atoms with van der Waals surface area (Å²) in [6.45, 7) is 27.2. The second kappa shape index (κ2) is 28.5. The van der Waals surface area contributed by atoms with Gasteiger partial charge in [0, 0.05) is 31.0 Å². The molecule has 7 heteroatoms. The van der Waals surface area contributed by atoms with Gasteiger partial charge in [-0.15, -0.1) is 0 Å². The van der Waals surface area contributed by atoms with Crippen molar-refractivity contribution in [2.45, 2.75) is 138 Å². The molecule has 0 radical (unpaired) electrons. The van der Waals surface area contributed by atoms with Crippen molar-refractivity contribution in [3.05, 3.63) is 54.1 Å². The van der Waals surface area contributed by atoms with Gasteiger partial charge in [0.1, 0.15) is 5.78 Å². The lowest BCUT2D eigenvalue weighted by atomic mass is 10.0. The minimum atomic E-state index is -2.71. The van der Waals surface area contributed by atoms with Crippen LogP contribution < -0.4 is 4.72 Å². The van der Waals surface area contributed by atoms with Gasteiger partial charge in [-0.2, -0.15) is 0 Å². The topological polar surface area (TPSA) is 69.7 Å². The van der Waals surface area contributed by atoms with Gasteiger partial charge in [0.05, 0.1) is 15.7 Å². The average molecular weight is 674 g/mol. The van der Waals surface area contributed by atoms with Crippen LogP contribution in [0.4, 0.5) is 0 Å². The maximum Gasteiger partial charge on any atom is 0.222 e. The SMILES string of the molecule is C=S(=O)(N[C@@H](CCCC)C(C)=O)c1ccc(-c2cccc(C)c2)cc1.CC.CC.CC.CCCCN(CCN1CCCC1)C(=O)CC. The third-order valence-electron chi connectivity index (χ3n) is 7.58. The summed E-state index contributed by atoms with van der Waals surface area (Å²) in [5, 5.41) is 0. The van der Waals surface area contributed by atoms with Crippen LogP contribution in [0, 0.1) is 6.92 Å². The van der Waals surface area contributed by atoms with Crippen molar-refractivity contribution in [2.75, 3.05) is 32.7 Å². The molecule has 1 saturated heterocycles. The first-order valence-corrected chi connectivity index (χ1v) is 20.2. The van der Waals surface area contributed by atoms with Crippen LogP contribution in [0.5, 0.6) is 0 Å². The zero-order valence-electron chi connectivity index (χ0n) is 32.1. The number of aryl methyl sites for hydroxylation is 1. The number of benzene rings is 2. The highest BCUT2D eigenvalue weighted by molar-refractivity contribution is 7.98. The monoisotopic (exact) mass is 674 g/mol. The van der Waals surface area contributed by atoms with E-state index in [9.17, 15) is 13.8 Å². The standard InChI is InChI=1S/C21H27NO2S.C13H26N2O.3C2H6/c1-5-6-10-21(17(3)23)22-25(4,24)20-13-11-18(12-14-20)19-9-7-8-16(2)15-19;1-3-5-10-15(13(16)4-2)12-11-14-8-6-7-9-14;3*1-2/h7-9,11-15,21H,4-6,10H2,1-3H3,(H,22,24);3-12H2,1-2H3;3*1-2H3/t21-,25?;;;;/m0..../s1. The Morgan fingerprint density at radius 3 is 1.94 bits per heavy atom. The molecule has 2 aromatic carbocycles. The van der Waals surface area contributed by atoms with E-state index in [4.69, 9.17) is 0 Å². The van der Waals surface area contributed by atoms with E-state index in [-0.39, 0.29) is 5.78 Å². The number of rotatable bonds is 15. The summed E-state index contributed by atoms with van der Waals surface area (Å²) in [5.41, 5.74) is 3.39. The molecule has 6 nitrogen and oxygen atoms in total. The summed E-state index contributed by atoms with van der Waals surface area (Å²) in [6.07, 6.45) is 8.19. The molecule has 270 valence electrons. The highest BCUT2D eigenvalue weighted by Gasteiger charge is 2.19. The van der Waals surface area contributed by atoms with E-state index in [0.717, 1.165) is 56.4 Å². The summed E-state index contributed by atoms with van der Waals surface area (Å²) in [6, 6.07) is 15.4. The second-order valence-corrected chi connectivity index (χ2v) is 13.2. The lowest BCUT2D eigenvalue weighted by Gasteiger charge is -2.25. The minimum Gasteiger partial charge on any atom is -0.341 e. The molecule has 0 spiro atoms. The van der Waals surface area contributed by atoms with Crippen molar-refractivity contribution in [3.8, 4) is 11.1 Å². The average Bonchev–Trinajstić information content (AvgIpc) is 3.63. The number of unbranched alkanes of at least 4 members (excludes halogenated alkanes) is 2. The molecule has 1 heterocycles. The molecule has 1 aliphatic rings. The molecule has 1 unspecified atom stereocenters. The Bertz CT molecular complexity index is 1170. The number of hydrogen-bond acceptors (Lipinski definition) is 4. The van der Waals surface area contributed by atoms with E-state index < -0.39 is 15.7 Å². The van der Waals surface area contributed by atoms with Gasteiger partial charge >= 0.3 is 0 Å². The summed E-state index contributed by atoms with van der Waals surface area (Å²) < 4.78 is 16.0.